The molecule has 1 atom stereocenters. The van der Waals surface area contributed by atoms with Crippen LogP contribution in [0.4, 0.5) is 0 Å². The minimum atomic E-state index is -0.0340. The molecule has 4 nitrogen and oxygen atoms in total. The van der Waals surface area contributed by atoms with Crippen LogP contribution in [-0.2, 0) is 9.59 Å². The number of piperidine rings is 2. The van der Waals surface area contributed by atoms with Gasteiger partial charge in [0, 0.05) is 32.6 Å². The van der Waals surface area contributed by atoms with Crippen LogP contribution in [0.25, 0.3) is 0 Å². The summed E-state index contributed by atoms with van der Waals surface area (Å²) in [7, 11) is 0. The molecule has 0 radical (unpaired) electrons. The summed E-state index contributed by atoms with van der Waals surface area (Å²) in [6, 6.07) is 10.2. The van der Waals surface area contributed by atoms with Crippen molar-refractivity contribution in [2.24, 2.45) is 5.41 Å². The Morgan fingerprint density at radius 2 is 1.83 bits per heavy atom. The van der Waals surface area contributed by atoms with Gasteiger partial charge in [-0.15, -0.1) is 0 Å². The maximum absolute atomic E-state index is 12.9. The van der Waals surface area contributed by atoms with Crippen LogP contribution >= 0.6 is 0 Å². The molecule has 2 saturated heterocycles. The summed E-state index contributed by atoms with van der Waals surface area (Å²) in [4.78, 5) is 28.8. The minimum Gasteiger partial charge on any atom is -0.343 e. The van der Waals surface area contributed by atoms with Crippen LogP contribution < -0.4 is 0 Å². The average Bonchev–Trinajstić information content (AvgIpc) is 2.64. The quantitative estimate of drug-likeness (QED) is 0.856. The fourth-order valence-corrected chi connectivity index (χ4v) is 4.32. The van der Waals surface area contributed by atoms with E-state index >= 15 is 0 Å². The second-order valence-corrected chi connectivity index (χ2v) is 7.25. The Bertz CT molecular complexity index is 591. The molecular formula is C20H28N2O2. The van der Waals surface area contributed by atoms with Gasteiger partial charge in [0.15, 0.2) is 0 Å². The van der Waals surface area contributed by atoms with Crippen molar-refractivity contribution in [3.05, 3.63) is 35.9 Å². The van der Waals surface area contributed by atoms with Crippen LogP contribution in [0.2, 0.25) is 0 Å². The lowest BCUT2D eigenvalue weighted by molar-refractivity contribution is -0.144. The van der Waals surface area contributed by atoms with Gasteiger partial charge < -0.3 is 9.80 Å². The van der Waals surface area contributed by atoms with Crippen molar-refractivity contribution in [2.45, 2.75) is 45.4 Å². The number of hydrogen-bond acceptors (Lipinski definition) is 2. The van der Waals surface area contributed by atoms with Crippen LogP contribution in [0, 0.1) is 5.41 Å². The zero-order chi connectivity index (χ0) is 17.2. The zero-order valence-electron chi connectivity index (χ0n) is 14.8. The normalized spacial score (nSPS) is 23.6. The molecule has 2 fully saturated rings. The van der Waals surface area contributed by atoms with Gasteiger partial charge in [-0.3, -0.25) is 9.59 Å². The number of carbonyl (C=O) groups is 2. The standard InChI is InChI=1S/C20H28N2O2/c1-3-18(23)22-12-10-20(11-13-22)14-17(16-8-6-5-7-9-16)19(24)21(4-2)15-20/h5-9,17H,3-4,10-15H2,1-2H3. The second-order valence-electron chi connectivity index (χ2n) is 7.25. The van der Waals surface area contributed by atoms with E-state index in [-0.39, 0.29) is 23.1 Å². The molecule has 24 heavy (non-hydrogen) atoms. The van der Waals surface area contributed by atoms with E-state index in [9.17, 15) is 9.59 Å². The molecule has 0 aromatic heterocycles. The molecule has 0 bridgehead atoms. The summed E-state index contributed by atoms with van der Waals surface area (Å²) < 4.78 is 0. The van der Waals surface area contributed by atoms with Gasteiger partial charge in [0.1, 0.15) is 0 Å². The third-order valence-corrected chi connectivity index (χ3v) is 5.84. The van der Waals surface area contributed by atoms with Gasteiger partial charge >= 0.3 is 0 Å². The molecule has 1 aromatic rings. The van der Waals surface area contributed by atoms with Gasteiger partial charge in [-0.1, -0.05) is 37.3 Å². The zero-order valence-corrected chi connectivity index (χ0v) is 14.8. The molecule has 1 unspecified atom stereocenters. The van der Waals surface area contributed by atoms with Gasteiger partial charge in [-0.2, -0.15) is 0 Å². The highest BCUT2D eigenvalue weighted by Crippen LogP contribution is 2.45. The Kier molecular flexibility index (Phi) is 4.93. The largest absolute Gasteiger partial charge is 0.343 e. The van der Waals surface area contributed by atoms with Crippen LogP contribution in [0.1, 0.15) is 51.0 Å². The third kappa shape index (κ3) is 3.19. The number of hydrogen-bond donors (Lipinski definition) is 0. The van der Waals surface area contributed by atoms with Gasteiger partial charge in [-0.25, -0.2) is 0 Å². The molecule has 4 heteroatoms. The van der Waals surface area contributed by atoms with E-state index in [1.54, 1.807) is 0 Å². The monoisotopic (exact) mass is 328 g/mol. The Morgan fingerprint density at radius 3 is 2.42 bits per heavy atom. The number of benzene rings is 1. The maximum atomic E-state index is 12.9. The van der Waals surface area contributed by atoms with Crippen molar-refractivity contribution in [3.63, 3.8) is 0 Å². The van der Waals surface area contributed by atoms with Crippen molar-refractivity contribution < 1.29 is 9.59 Å². The van der Waals surface area contributed by atoms with Crippen LogP contribution in [-0.4, -0.2) is 47.8 Å². The summed E-state index contributed by atoms with van der Waals surface area (Å²) in [6.07, 6.45) is 3.51. The number of likely N-dealkylation sites (N-methyl/N-ethyl adjacent to an activating group) is 1. The Balaban J connectivity index is 1.80. The molecule has 2 heterocycles. The summed E-state index contributed by atoms with van der Waals surface area (Å²) in [5, 5.41) is 0. The van der Waals surface area contributed by atoms with Crippen molar-refractivity contribution in [1.82, 2.24) is 9.80 Å². The average molecular weight is 328 g/mol. The Morgan fingerprint density at radius 1 is 1.17 bits per heavy atom. The van der Waals surface area contributed by atoms with Gasteiger partial charge in [0.2, 0.25) is 11.8 Å². The molecule has 3 rings (SSSR count). The maximum Gasteiger partial charge on any atom is 0.230 e. The highest BCUT2D eigenvalue weighted by Gasteiger charge is 2.45. The topological polar surface area (TPSA) is 40.6 Å². The number of amides is 2. The molecule has 2 aliphatic heterocycles. The Labute approximate surface area is 144 Å². The number of nitrogens with zero attached hydrogens (tertiary/aromatic N) is 2. The first-order valence-corrected chi connectivity index (χ1v) is 9.20. The van der Waals surface area contributed by atoms with E-state index in [1.165, 1.54) is 0 Å². The molecule has 1 aromatic carbocycles. The van der Waals surface area contributed by atoms with Gasteiger partial charge in [0.05, 0.1) is 5.92 Å². The van der Waals surface area contributed by atoms with E-state index < -0.39 is 0 Å². The SMILES string of the molecule is CCC(=O)N1CCC2(CC1)CC(c1ccccc1)C(=O)N(CC)C2. The van der Waals surface area contributed by atoms with Gasteiger partial charge in [-0.05, 0) is 37.2 Å². The summed E-state index contributed by atoms with van der Waals surface area (Å²) >= 11 is 0. The minimum absolute atomic E-state index is 0.0340. The molecule has 2 amide bonds. The highest BCUT2D eigenvalue weighted by molar-refractivity contribution is 5.84. The first-order valence-electron chi connectivity index (χ1n) is 9.20. The Hall–Kier alpha value is -1.84. The number of rotatable bonds is 3. The predicted molar refractivity (Wildman–Crippen MR) is 94.6 cm³/mol. The molecule has 130 valence electrons. The first kappa shape index (κ1) is 17.0. The summed E-state index contributed by atoms with van der Waals surface area (Å²) in [5.41, 5.74) is 1.29. The van der Waals surface area contributed by atoms with Crippen molar-refractivity contribution in [2.75, 3.05) is 26.2 Å². The fraction of sp³-hybridized carbons (Fsp3) is 0.600. The van der Waals surface area contributed by atoms with E-state index in [2.05, 4.69) is 19.1 Å². The molecule has 1 spiro atoms. The lowest BCUT2D eigenvalue weighted by Gasteiger charge is -2.49. The number of likely N-dealkylation sites (tertiary alicyclic amines) is 2. The summed E-state index contributed by atoms with van der Waals surface area (Å²) in [6.45, 7) is 7.27. The molecule has 2 aliphatic rings. The van der Waals surface area contributed by atoms with E-state index in [4.69, 9.17) is 0 Å². The van der Waals surface area contributed by atoms with Crippen molar-refractivity contribution in [1.29, 1.82) is 0 Å². The van der Waals surface area contributed by atoms with Crippen LogP contribution in [0.5, 0.6) is 0 Å². The predicted octanol–water partition coefficient (Wildman–Crippen LogP) is 3.04. The highest BCUT2D eigenvalue weighted by atomic mass is 16.2. The van der Waals surface area contributed by atoms with Gasteiger partial charge in [0.25, 0.3) is 0 Å². The molecular weight excluding hydrogens is 300 g/mol. The lowest BCUT2D eigenvalue weighted by atomic mass is 9.67. The number of carbonyl (C=O) groups excluding carboxylic acids is 2. The molecule has 0 N–H and O–H groups in total. The third-order valence-electron chi connectivity index (χ3n) is 5.84. The fourth-order valence-electron chi connectivity index (χ4n) is 4.32. The summed E-state index contributed by atoms with van der Waals surface area (Å²) in [5.74, 6) is 0.485. The first-order chi connectivity index (χ1) is 11.6. The second kappa shape index (κ2) is 6.96. The molecule has 0 saturated carbocycles. The smallest absolute Gasteiger partial charge is 0.230 e. The van der Waals surface area contributed by atoms with Crippen LogP contribution in [0.15, 0.2) is 30.3 Å². The lowest BCUT2D eigenvalue weighted by Crippen LogP contribution is -2.54. The van der Waals surface area contributed by atoms with E-state index in [0.29, 0.717) is 6.42 Å². The van der Waals surface area contributed by atoms with E-state index in [1.807, 2.05) is 34.9 Å². The van der Waals surface area contributed by atoms with E-state index in [0.717, 1.165) is 51.0 Å². The van der Waals surface area contributed by atoms with Crippen molar-refractivity contribution in [3.8, 4) is 0 Å². The molecule has 0 aliphatic carbocycles. The van der Waals surface area contributed by atoms with Crippen molar-refractivity contribution >= 4 is 11.8 Å². The van der Waals surface area contributed by atoms with Crippen LogP contribution in [0.3, 0.4) is 0 Å².